The van der Waals surface area contributed by atoms with Gasteiger partial charge in [-0.1, -0.05) is 35.9 Å². The smallest absolute Gasteiger partial charge is 0.247 e. The van der Waals surface area contributed by atoms with Crippen LogP contribution in [0.2, 0.25) is 5.02 Å². The van der Waals surface area contributed by atoms with E-state index in [-0.39, 0.29) is 36.4 Å². The summed E-state index contributed by atoms with van der Waals surface area (Å²) < 4.78 is 52.2. The van der Waals surface area contributed by atoms with Crippen LogP contribution in [0.15, 0.2) is 59.5 Å². The summed E-state index contributed by atoms with van der Waals surface area (Å²) in [5.41, 5.74) is 3.81. The Bertz CT molecular complexity index is 1370. The SMILES string of the molecule is COc1ccc(Cl)cc1S(=O)(=O)N1CCOc2c(cc(-c3ccccc3C)cc2OC2CCOC2)C1. The lowest BCUT2D eigenvalue weighted by atomic mass is 9.98. The number of rotatable bonds is 6. The van der Waals surface area contributed by atoms with Crippen molar-refractivity contribution in [3.63, 3.8) is 0 Å². The Balaban J connectivity index is 1.58. The van der Waals surface area contributed by atoms with Gasteiger partial charge in [0.15, 0.2) is 11.5 Å². The molecule has 7 nitrogen and oxygen atoms in total. The molecule has 1 fully saturated rings. The number of fused-ring (bicyclic) bond motifs is 1. The standard InChI is InChI=1S/C27H28ClNO6S/c1-18-5-3-4-6-23(18)19-13-20-16-29(36(30,31)26-15-21(28)7-8-24(26)32-2)10-12-34-27(20)25(14-19)35-22-9-11-33-17-22/h3-8,13-15,22H,9-12,16-17H2,1-2H3. The second kappa shape index (κ2) is 10.3. The van der Waals surface area contributed by atoms with E-state index in [0.29, 0.717) is 29.7 Å². The Morgan fingerprint density at radius 1 is 1.06 bits per heavy atom. The molecular formula is C27H28ClNO6S. The number of aryl methyl sites for hydroxylation is 1. The van der Waals surface area contributed by atoms with Gasteiger partial charge in [0.2, 0.25) is 10.0 Å². The molecule has 0 N–H and O–H groups in total. The van der Waals surface area contributed by atoms with Gasteiger partial charge in [-0.2, -0.15) is 4.31 Å². The molecule has 1 saturated heterocycles. The molecule has 2 aliphatic heterocycles. The topological polar surface area (TPSA) is 74.3 Å². The van der Waals surface area contributed by atoms with Crippen LogP contribution in [0, 0.1) is 6.92 Å². The Labute approximate surface area is 216 Å². The fourth-order valence-electron chi connectivity index (χ4n) is 4.58. The average Bonchev–Trinajstić information content (AvgIpc) is 3.27. The van der Waals surface area contributed by atoms with Crippen molar-refractivity contribution in [1.82, 2.24) is 4.31 Å². The van der Waals surface area contributed by atoms with Gasteiger partial charge in [0.1, 0.15) is 23.4 Å². The van der Waals surface area contributed by atoms with Gasteiger partial charge in [0, 0.05) is 30.1 Å². The molecule has 0 aliphatic carbocycles. The Kier molecular flexibility index (Phi) is 7.12. The Hall–Kier alpha value is -2.78. The number of ether oxygens (including phenoxy) is 4. The highest BCUT2D eigenvalue weighted by Gasteiger charge is 2.32. The van der Waals surface area contributed by atoms with E-state index in [4.69, 9.17) is 30.5 Å². The minimum absolute atomic E-state index is 0.0237. The van der Waals surface area contributed by atoms with Crippen molar-refractivity contribution in [3.05, 3.63) is 70.7 Å². The number of benzene rings is 3. The molecule has 36 heavy (non-hydrogen) atoms. The molecule has 2 heterocycles. The van der Waals surface area contributed by atoms with Crippen molar-refractivity contribution >= 4 is 21.6 Å². The second-order valence-corrected chi connectivity index (χ2v) is 11.2. The molecule has 9 heteroatoms. The summed E-state index contributed by atoms with van der Waals surface area (Å²) in [5.74, 6) is 1.40. The molecule has 3 aromatic carbocycles. The van der Waals surface area contributed by atoms with Crippen LogP contribution >= 0.6 is 11.6 Å². The molecule has 1 unspecified atom stereocenters. The summed E-state index contributed by atoms with van der Waals surface area (Å²) in [5, 5.41) is 0.317. The van der Waals surface area contributed by atoms with Gasteiger partial charge in [-0.3, -0.25) is 0 Å². The van der Waals surface area contributed by atoms with Crippen LogP contribution in [-0.4, -0.2) is 52.3 Å². The largest absolute Gasteiger partial charge is 0.495 e. The van der Waals surface area contributed by atoms with Gasteiger partial charge >= 0.3 is 0 Å². The number of hydrogen-bond donors (Lipinski definition) is 0. The van der Waals surface area contributed by atoms with Crippen molar-refractivity contribution in [2.45, 2.75) is 30.9 Å². The van der Waals surface area contributed by atoms with Crippen molar-refractivity contribution < 1.29 is 27.4 Å². The zero-order chi connectivity index (χ0) is 25.3. The zero-order valence-corrected chi connectivity index (χ0v) is 21.8. The lowest BCUT2D eigenvalue weighted by Gasteiger charge is -2.22. The minimum atomic E-state index is -3.93. The van der Waals surface area contributed by atoms with E-state index in [1.54, 1.807) is 12.1 Å². The van der Waals surface area contributed by atoms with Crippen molar-refractivity contribution in [2.75, 3.05) is 33.5 Å². The van der Waals surface area contributed by atoms with E-state index in [1.165, 1.54) is 17.5 Å². The predicted octanol–water partition coefficient (Wildman–Crippen LogP) is 5.08. The monoisotopic (exact) mass is 529 g/mol. The summed E-state index contributed by atoms with van der Waals surface area (Å²) in [6.45, 7) is 3.67. The van der Waals surface area contributed by atoms with Gasteiger partial charge in [0.05, 0.1) is 20.3 Å². The quantitative estimate of drug-likeness (QED) is 0.443. The third-order valence-corrected chi connectivity index (χ3v) is 8.55. The van der Waals surface area contributed by atoms with Gasteiger partial charge < -0.3 is 18.9 Å². The third-order valence-electron chi connectivity index (χ3n) is 6.45. The predicted molar refractivity (Wildman–Crippen MR) is 138 cm³/mol. The lowest BCUT2D eigenvalue weighted by Crippen LogP contribution is -2.32. The maximum atomic E-state index is 13.7. The van der Waals surface area contributed by atoms with Gasteiger partial charge in [-0.25, -0.2) is 8.42 Å². The Morgan fingerprint density at radius 2 is 1.89 bits per heavy atom. The number of halogens is 1. The average molecular weight is 530 g/mol. The highest BCUT2D eigenvalue weighted by Crippen LogP contribution is 2.41. The van der Waals surface area contributed by atoms with Crippen LogP contribution in [-0.2, 0) is 21.3 Å². The number of nitrogens with zero attached hydrogens (tertiary/aromatic N) is 1. The van der Waals surface area contributed by atoms with Crippen LogP contribution in [0.25, 0.3) is 11.1 Å². The molecule has 0 spiro atoms. The molecule has 1 atom stereocenters. The summed E-state index contributed by atoms with van der Waals surface area (Å²) in [6.07, 6.45) is 0.710. The van der Waals surface area contributed by atoms with E-state index in [1.807, 2.05) is 43.3 Å². The molecule has 190 valence electrons. The maximum Gasteiger partial charge on any atom is 0.247 e. The van der Waals surface area contributed by atoms with Crippen molar-refractivity contribution in [1.29, 1.82) is 0 Å². The lowest BCUT2D eigenvalue weighted by molar-refractivity contribution is 0.137. The summed E-state index contributed by atoms with van der Waals surface area (Å²) >= 11 is 6.15. The van der Waals surface area contributed by atoms with E-state index >= 15 is 0 Å². The summed E-state index contributed by atoms with van der Waals surface area (Å²) in [6, 6.07) is 16.6. The molecule has 0 amide bonds. The molecule has 3 aromatic rings. The van der Waals surface area contributed by atoms with Gasteiger partial charge in [-0.05, 0) is 53.9 Å². The van der Waals surface area contributed by atoms with E-state index in [2.05, 4.69) is 0 Å². The van der Waals surface area contributed by atoms with Crippen molar-refractivity contribution in [2.24, 2.45) is 0 Å². The maximum absolute atomic E-state index is 13.7. The zero-order valence-electron chi connectivity index (χ0n) is 20.2. The van der Waals surface area contributed by atoms with Crippen LogP contribution in [0.5, 0.6) is 17.2 Å². The van der Waals surface area contributed by atoms with Crippen LogP contribution in [0.1, 0.15) is 17.5 Å². The molecule has 5 rings (SSSR count). The highest BCUT2D eigenvalue weighted by atomic mass is 35.5. The first-order valence-electron chi connectivity index (χ1n) is 11.8. The Morgan fingerprint density at radius 3 is 2.64 bits per heavy atom. The first-order chi connectivity index (χ1) is 17.4. The van der Waals surface area contributed by atoms with Crippen LogP contribution < -0.4 is 14.2 Å². The molecule has 2 aliphatic rings. The van der Waals surface area contributed by atoms with Crippen LogP contribution in [0.3, 0.4) is 0 Å². The number of hydrogen-bond acceptors (Lipinski definition) is 6. The van der Waals surface area contributed by atoms with E-state index in [9.17, 15) is 8.42 Å². The molecule has 0 bridgehead atoms. The van der Waals surface area contributed by atoms with Crippen molar-refractivity contribution in [3.8, 4) is 28.4 Å². The number of methoxy groups -OCH3 is 1. The van der Waals surface area contributed by atoms with Crippen LogP contribution in [0.4, 0.5) is 0 Å². The van der Waals surface area contributed by atoms with Gasteiger partial charge in [-0.15, -0.1) is 0 Å². The summed E-state index contributed by atoms with van der Waals surface area (Å²) in [4.78, 5) is 0.0237. The molecular weight excluding hydrogens is 502 g/mol. The van der Waals surface area contributed by atoms with E-state index in [0.717, 1.165) is 28.7 Å². The second-order valence-electron chi connectivity index (χ2n) is 8.86. The molecule has 0 saturated carbocycles. The first-order valence-corrected chi connectivity index (χ1v) is 13.6. The van der Waals surface area contributed by atoms with E-state index < -0.39 is 10.0 Å². The summed E-state index contributed by atoms with van der Waals surface area (Å²) in [7, 11) is -2.49. The minimum Gasteiger partial charge on any atom is -0.495 e. The third kappa shape index (κ3) is 4.91. The van der Waals surface area contributed by atoms with Gasteiger partial charge in [0.25, 0.3) is 0 Å². The fraction of sp³-hybridized carbons (Fsp3) is 0.333. The first kappa shape index (κ1) is 24.9. The number of sulfonamides is 1. The molecule has 0 radical (unpaired) electrons. The normalized spacial score (nSPS) is 18.2. The molecule has 0 aromatic heterocycles. The highest BCUT2D eigenvalue weighted by molar-refractivity contribution is 7.89. The fourth-order valence-corrected chi connectivity index (χ4v) is 6.40.